The van der Waals surface area contributed by atoms with Gasteiger partial charge in [-0.3, -0.25) is 14.6 Å². The monoisotopic (exact) mass is 407 g/mol. The van der Waals surface area contributed by atoms with Crippen molar-refractivity contribution in [3.63, 3.8) is 0 Å². The van der Waals surface area contributed by atoms with Gasteiger partial charge in [-0.25, -0.2) is 0 Å². The number of amides is 1. The molecule has 8 nitrogen and oxygen atoms in total. The zero-order valence-electron chi connectivity index (χ0n) is 17.2. The minimum atomic E-state index is -0.324. The molecular formula is C22H25N5O3. The first-order valence-electron chi connectivity index (χ1n) is 10.3. The van der Waals surface area contributed by atoms with Gasteiger partial charge in [-0.05, 0) is 49.9 Å². The molecule has 0 saturated heterocycles. The smallest absolute Gasteiger partial charge is 0.263 e. The van der Waals surface area contributed by atoms with E-state index in [1.54, 1.807) is 36.5 Å². The molecule has 3 aromatic rings. The lowest BCUT2D eigenvalue weighted by molar-refractivity contribution is 0.0744. The molecular weight excluding hydrogens is 382 g/mol. The van der Waals surface area contributed by atoms with Gasteiger partial charge in [-0.15, -0.1) is 0 Å². The molecule has 0 aromatic carbocycles. The predicted octanol–water partition coefficient (Wildman–Crippen LogP) is 2.91. The van der Waals surface area contributed by atoms with Crippen molar-refractivity contribution < 1.29 is 9.32 Å². The predicted molar refractivity (Wildman–Crippen MR) is 110 cm³/mol. The summed E-state index contributed by atoms with van der Waals surface area (Å²) in [6.45, 7) is 4.65. The van der Waals surface area contributed by atoms with Crippen LogP contribution in [0.2, 0.25) is 0 Å². The van der Waals surface area contributed by atoms with Crippen molar-refractivity contribution in [1.82, 2.24) is 24.6 Å². The average molecular weight is 407 g/mol. The van der Waals surface area contributed by atoms with Crippen molar-refractivity contribution in [2.45, 2.75) is 52.1 Å². The number of hydrogen-bond acceptors (Lipinski definition) is 6. The van der Waals surface area contributed by atoms with E-state index in [1.807, 2.05) is 19.1 Å². The first-order chi connectivity index (χ1) is 14.6. The van der Waals surface area contributed by atoms with Gasteiger partial charge in [-0.1, -0.05) is 17.6 Å². The Labute approximate surface area is 174 Å². The number of carbonyl (C=O) groups excluding carboxylic acids is 1. The number of rotatable bonds is 7. The zero-order valence-corrected chi connectivity index (χ0v) is 17.2. The molecule has 30 heavy (non-hydrogen) atoms. The van der Waals surface area contributed by atoms with Gasteiger partial charge in [0.25, 0.3) is 11.5 Å². The molecule has 0 spiro atoms. The van der Waals surface area contributed by atoms with E-state index in [0.29, 0.717) is 36.3 Å². The van der Waals surface area contributed by atoms with Crippen LogP contribution >= 0.6 is 0 Å². The second-order valence-corrected chi connectivity index (χ2v) is 7.66. The Morgan fingerprint density at radius 3 is 2.83 bits per heavy atom. The van der Waals surface area contributed by atoms with Gasteiger partial charge in [-0.2, -0.15) is 4.98 Å². The summed E-state index contributed by atoms with van der Waals surface area (Å²) in [6.07, 6.45) is 8.42. The standard InChI is InChI=1S/C22H25N5O3/c1-3-26(14-18-24-20(30-25-18)17-7-4-8-17)21(28)19-15(2)9-11-27(22(19)29)13-16-6-5-10-23-12-16/h5-6,9-12,17H,3-4,7-8,13-14H2,1-2H3. The van der Waals surface area contributed by atoms with Crippen molar-refractivity contribution in [2.24, 2.45) is 0 Å². The molecule has 0 radical (unpaired) electrons. The average Bonchev–Trinajstić information content (AvgIpc) is 3.15. The van der Waals surface area contributed by atoms with Gasteiger partial charge in [0.05, 0.1) is 13.1 Å². The highest BCUT2D eigenvalue weighted by Crippen LogP contribution is 2.35. The first kappa shape index (κ1) is 20.0. The van der Waals surface area contributed by atoms with E-state index in [2.05, 4.69) is 15.1 Å². The molecule has 4 rings (SSSR count). The van der Waals surface area contributed by atoms with Crippen LogP contribution in [0.5, 0.6) is 0 Å². The van der Waals surface area contributed by atoms with Crippen LogP contribution in [0.25, 0.3) is 0 Å². The van der Waals surface area contributed by atoms with E-state index in [9.17, 15) is 9.59 Å². The van der Waals surface area contributed by atoms with Crippen LogP contribution in [0.3, 0.4) is 0 Å². The summed E-state index contributed by atoms with van der Waals surface area (Å²) in [7, 11) is 0. The summed E-state index contributed by atoms with van der Waals surface area (Å²) in [5.74, 6) is 1.13. The van der Waals surface area contributed by atoms with E-state index in [1.165, 1.54) is 11.0 Å². The molecule has 3 aromatic heterocycles. The zero-order chi connectivity index (χ0) is 21.1. The third-order valence-electron chi connectivity index (χ3n) is 5.60. The van der Waals surface area contributed by atoms with E-state index in [4.69, 9.17) is 4.52 Å². The summed E-state index contributed by atoms with van der Waals surface area (Å²) < 4.78 is 6.90. The Hall–Kier alpha value is -3.29. The maximum Gasteiger partial charge on any atom is 0.263 e. The normalized spacial score (nSPS) is 13.8. The molecule has 3 heterocycles. The lowest BCUT2D eigenvalue weighted by Crippen LogP contribution is -2.37. The number of carbonyl (C=O) groups is 1. The fourth-order valence-electron chi connectivity index (χ4n) is 3.55. The van der Waals surface area contributed by atoms with Gasteiger partial charge in [0.15, 0.2) is 5.82 Å². The highest BCUT2D eigenvalue weighted by atomic mass is 16.5. The summed E-state index contributed by atoms with van der Waals surface area (Å²) in [5, 5.41) is 4.03. The first-order valence-corrected chi connectivity index (χ1v) is 10.3. The third-order valence-corrected chi connectivity index (χ3v) is 5.60. The fraction of sp³-hybridized carbons (Fsp3) is 0.409. The second kappa shape index (κ2) is 8.61. The van der Waals surface area contributed by atoms with E-state index >= 15 is 0 Å². The third kappa shape index (κ3) is 4.03. The minimum Gasteiger partial charge on any atom is -0.339 e. The van der Waals surface area contributed by atoms with Crippen LogP contribution in [0, 0.1) is 6.92 Å². The van der Waals surface area contributed by atoms with Crippen LogP contribution in [0.15, 0.2) is 46.1 Å². The largest absolute Gasteiger partial charge is 0.339 e. The Bertz CT molecular complexity index is 1090. The summed E-state index contributed by atoms with van der Waals surface area (Å²) in [5.41, 5.74) is 1.40. The van der Waals surface area contributed by atoms with Gasteiger partial charge in [0.2, 0.25) is 5.89 Å². The summed E-state index contributed by atoms with van der Waals surface area (Å²) in [4.78, 5) is 36.5. The van der Waals surface area contributed by atoms with Crippen LogP contribution in [0.4, 0.5) is 0 Å². The molecule has 0 aliphatic heterocycles. The van der Waals surface area contributed by atoms with Crippen molar-refractivity contribution in [1.29, 1.82) is 0 Å². The fourth-order valence-corrected chi connectivity index (χ4v) is 3.55. The molecule has 1 aliphatic rings. The molecule has 0 bridgehead atoms. The maximum atomic E-state index is 13.2. The summed E-state index contributed by atoms with van der Waals surface area (Å²) in [6, 6.07) is 5.51. The van der Waals surface area contributed by atoms with Crippen molar-refractivity contribution >= 4 is 5.91 Å². The van der Waals surface area contributed by atoms with E-state index < -0.39 is 0 Å². The second-order valence-electron chi connectivity index (χ2n) is 7.66. The lowest BCUT2D eigenvalue weighted by atomic mass is 9.85. The Balaban J connectivity index is 1.56. The Morgan fingerprint density at radius 1 is 1.33 bits per heavy atom. The minimum absolute atomic E-state index is 0.172. The Morgan fingerprint density at radius 2 is 2.17 bits per heavy atom. The quantitative estimate of drug-likeness (QED) is 0.598. The van der Waals surface area contributed by atoms with Crippen molar-refractivity contribution in [2.75, 3.05) is 6.54 Å². The van der Waals surface area contributed by atoms with Gasteiger partial charge < -0.3 is 14.0 Å². The van der Waals surface area contributed by atoms with Gasteiger partial charge in [0, 0.05) is 31.1 Å². The number of nitrogens with zero attached hydrogens (tertiary/aromatic N) is 5. The molecule has 156 valence electrons. The maximum absolute atomic E-state index is 13.2. The molecule has 1 amide bonds. The molecule has 1 saturated carbocycles. The molecule has 1 fully saturated rings. The number of aromatic nitrogens is 4. The van der Waals surface area contributed by atoms with Crippen LogP contribution in [0.1, 0.15) is 65.3 Å². The summed E-state index contributed by atoms with van der Waals surface area (Å²) >= 11 is 0. The van der Waals surface area contributed by atoms with Crippen LogP contribution in [-0.4, -0.2) is 37.0 Å². The molecule has 0 unspecified atom stereocenters. The number of pyridine rings is 2. The van der Waals surface area contributed by atoms with Crippen LogP contribution in [-0.2, 0) is 13.1 Å². The van der Waals surface area contributed by atoms with Crippen molar-refractivity contribution in [3.05, 3.63) is 75.5 Å². The van der Waals surface area contributed by atoms with Gasteiger partial charge >= 0.3 is 0 Å². The van der Waals surface area contributed by atoms with Crippen LogP contribution < -0.4 is 5.56 Å². The molecule has 0 atom stereocenters. The molecule has 8 heteroatoms. The van der Waals surface area contributed by atoms with Gasteiger partial charge in [0.1, 0.15) is 5.56 Å². The molecule has 1 aliphatic carbocycles. The number of aryl methyl sites for hydroxylation is 1. The lowest BCUT2D eigenvalue weighted by Gasteiger charge is -2.21. The highest BCUT2D eigenvalue weighted by molar-refractivity contribution is 5.95. The van der Waals surface area contributed by atoms with E-state index in [-0.39, 0.29) is 23.6 Å². The molecule has 0 N–H and O–H groups in total. The van der Waals surface area contributed by atoms with Crippen molar-refractivity contribution in [3.8, 4) is 0 Å². The Kier molecular flexibility index (Phi) is 5.74. The number of hydrogen-bond donors (Lipinski definition) is 0. The van der Waals surface area contributed by atoms with E-state index in [0.717, 1.165) is 18.4 Å². The highest BCUT2D eigenvalue weighted by Gasteiger charge is 2.27. The topological polar surface area (TPSA) is 94.1 Å². The SMILES string of the molecule is CCN(Cc1noc(C2CCC2)n1)C(=O)c1c(C)ccn(Cc2cccnc2)c1=O.